The molecule has 4 rings (SSSR count). The number of hydrogen-bond acceptors (Lipinski definition) is 8. The van der Waals surface area contributed by atoms with Crippen LogP contribution in [0.3, 0.4) is 0 Å². The third kappa shape index (κ3) is 3.94. The molecule has 3 heterocycles. The molecule has 1 amide bonds. The Kier molecular flexibility index (Phi) is 6.50. The van der Waals surface area contributed by atoms with Crippen molar-refractivity contribution in [2.24, 2.45) is 0 Å². The molecular formula is C24H25NO5S3. The molecule has 1 atom stereocenters. The monoisotopic (exact) mass is 503 g/mol. The van der Waals surface area contributed by atoms with E-state index in [4.69, 9.17) is 9.47 Å². The van der Waals surface area contributed by atoms with Gasteiger partial charge in [-0.25, -0.2) is 9.59 Å². The van der Waals surface area contributed by atoms with E-state index in [1.807, 2.05) is 44.2 Å². The summed E-state index contributed by atoms with van der Waals surface area (Å²) in [5, 5.41) is 1.80. The van der Waals surface area contributed by atoms with Gasteiger partial charge in [0, 0.05) is 23.0 Å². The van der Waals surface area contributed by atoms with Crippen LogP contribution >= 0.6 is 35.3 Å². The number of thioether (sulfide) groups is 3. The van der Waals surface area contributed by atoms with Crippen molar-refractivity contribution in [3.05, 3.63) is 56.0 Å². The summed E-state index contributed by atoms with van der Waals surface area (Å²) >= 11 is 4.18. The first-order valence-corrected chi connectivity index (χ1v) is 13.1. The van der Waals surface area contributed by atoms with Gasteiger partial charge in [0.25, 0.3) is 0 Å². The molecule has 0 radical (unpaired) electrons. The number of hydrogen-bond donors (Lipinski definition) is 0. The van der Waals surface area contributed by atoms with Gasteiger partial charge in [-0.05, 0) is 45.2 Å². The van der Waals surface area contributed by atoms with E-state index < -0.39 is 15.6 Å². The molecule has 174 valence electrons. The number of anilines is 1. The van der Waals surface area contributed by atoms with E-state index in [1.54, 1.807) is 31.1 Å². The summed E-state index contributed by atoms with van der Waals surface area (Å²) in [7, 11) is 0. The van der Waals surface area contributed by atoms with Gasteiger partial charge in [-0.1, -0.05) is 41.7 Å². The Morgan fingerprint density at radius 3 is 2.27 bits per heavy atom. The van der Waals surface area contributed by atoms with Crippen LogP contribution in [-0.2, 0) is 23.9 Å². The van der Waals surface area contributed by atoms with Crippen molar-refractivity contribution in [2.75, 3.05) is 18.1 Å². The van der Waals surface area contributed by atoms with E-state index in [9.17, 15) is 14.4 Å². The van der Waals surface area contributed by atoms with Crippen LogP contribution < -0.4 is 4.90 Å². The van der Waals surface area contributed by atoms with Gasteiger partial charge in [-0.3, -0.25) is 4.79 Å². The number of amides is 1. The second-order valence-corrected chi connectivity index (χ2v) is 11.8. The van der Waals surface area contributed by atoms with Crippen LogP contribution in [0.5, 0.6) is 0 Å². The zero-order valence-electron chi connectivity index (χ0n) is 19.1. The van der Waals surface area contributed by atoms with Crippen molar-refractivity contribution in [1.29, 1.82) is 0 Å². The van der Waals surface area contributed by atoms with Crippen molar-refractivity contribution in [2.45, 2.75) is 44.2 Å². The third-order valence-corrected chi connectivity index (χ3v) is 9.76. The molecule has 0 unspecified atom stereocenters. The van der Waals surface area contributed by atoms with Crippen LogP contribution in [0.25, 0.3) is 5.57 Å². The number of carbonyl (C=O) groups is 3. The predicted octanol–water partition coefficient (Wildman–Crippen LogP) is 5.32. The van der Waals surface area contributed by atoms with Crippen molar-refractivity contribution in [1.82, 2.24) is 0 Å². The fourth-order valence-corrected chi connectivity index (χ4v) is 8.69. The first-order valence-electron chi connectivity index (χ1n) is 10.6. The summed E-state index contributed by atoms with van der Waals surface area (Å²) in [6, 6.07) is 7.78. The molecule has 6 nitrogen and oxygen atoms in total. The quantitative estimate of drug-likeness (QED) is 0.512. The minimum atomic E-state index is -0.763. The number of esters is 2. The van der Waals surface area contributed by atoms with Gasteiger partial charge in [0.1, 0.15) is 8.98 Å². The van der Waals surface area contributed by atoms with E-state index in [-0.39, 0.29) is 25.1 Å². The van der Waals surface area contributed by atoms with Gasteiger partial charge in [0.2, 0.25) is 5.91 Å². The van der Waals surface area contributed by atoms with Crippen LogP contribution in [0.4, 0.5) is 5.69 Å². The predicted molar refractivity (Wildman–Crippen MR) is 136 cm³/mol. The number of para-hydroxylation sites is 1. The number of fused-ring (bicyclic) bond motifs is 3. The van der Waals surface area contributed by atoms with Gasteiger partial charge >= 0.3 is 11.9 Å². The second-order valence-electron chi connectivity index (χ2n) is 8.06. The van der Waals surface area contributed by atoms with E-state index in [1.165, 1.54) is 35.3 Å². The van der Waals surface area contributed by atoms with Gasteiger partial charge in [-0.2, -0.15) is 0 Å². The molecule has 0 saturated carbocycles. The number of rotatable bonds is 4. The van der Waals surface area contributed by atoms with E-state index in [0.717, 1.165) is 21.7 Å². The topological polar surface area (TPSA) is 72.9 Å². The summed E-state index contributed by atoms with van der Waals surface area (Å²) < 4.78 is 9.81. The molecular weight excluding hydrogens is 478 g/mol. The van der Waals surface area contributed by atoms with Crippen LogP contribution in [0.2, 0.25) is 0 Å². The van der Waals surface area contributed by atoms with Gasteiger partial charge in [0.05, 0.1) is 29.3 Å². The molecule has 0 aliphatic carbocycles. The molecule has 3 aliphatic heterocycles. The summed E-state index contributed by atoms with van der Waals surface area (Å²) in [5.41, 5.74) is 2.00. The maximum atomic E-state index is 12.9. The first-order chi connectivity index (χ1) is 15.7. The Morgan fingerprint density at radius 2 is 1.64 bits per heavy atom. The Morgan fingerprint density at radius 1 is 1.00 bits per heavy atom. The minimum absolute atomic E-state index is 0.0852. The van der Waals surface area contributed by atoms with Crippen LogP contribution in [-0.4, -0.2) is 40.7 Å². The molecule has 9 heteroatoms. The number of nitrogens with zero attached hydrogens (tertiary/aromatic N) is 1. The average molecular weight is 504 g/mol. The number of ether oxygens (including phenoxy) is 2. The van der Waals surface area contributed by atoms with Crippen molar-refractivity contribution in [3.63, 3.8) is 0 Å². The maximum absolute atomic E-state index is 12.9. The molecule has 0 bridgehead atoms. The third-order valence-electron chi connectivity index (χ3n) is 5.51. The summed E-state index contributed by atoms with van der Waals surface area (Å²) in [6.45, 7) is 9.60. The molecule has 33 heavy (non-hydrogen) atoms. The van der Waals surface area contributed by atoms with Crippen LogP contribution in [0, 0.1) is 0 Å². The second kappa shape index (κ2) is 8.92. The SMILES string of the molecule is CCOC(=O)C1=C[C@@]2(SC=C(C(=O)OCC)S2)C2=C(S1)C(C)(C)N(C(C)=O)c1ccccc12. The number of benzene rings is 1. The van der Waals surface area contributed by atoms with E-state index in [2.05, 4.69) is 0 Å². The smallest absolute Gasteiger partial charge is 0.345 e. The Bertz CT molecular complexity index is 1140. The molecule has 0 N–H and O–H groups in total. The lowest BCUT2D eigenvalue weighted by Gasteiger charge is -2.49. The van der Waals surface area contributed by atoms with E-state index in [0.29, 0.717) is 9.81 Å². The van der Waals surface area contributed by atoms with Gasteiger partial charge < -0.3 is 14.4 Å². The molecule has 0 fully saturated rings. The van der Waals surface area contributed by atoms with Crippen molar-refractivity contribution in [3.8, 4) is 0 Å². The summed E-state index contributed by atoms with van der Waals surface area (Å²) in [6.07, 6.45) is 1.89. The van der Waals surface area contributed by atoms with Crippen LogP contribution in [0.1, 0.15) is 40.2 Å². The molecule has 1 spiro atoms. The number of carbonyl (C=O) groups excluding carboxylic acids is 3. The Balaban J connectivity index is 1.93. The zero-order valence-corrected chi connectivity index (χ0v) is 21.5. The lowest BCUT2D eigenvalue weighted by atomic mass is 9.85. The molecule has 0 aromatic heterocycles. The fraction of sp³-hybridized carbons (Fsp3) is 0.375. The summed E-state index contributed by atoms with van der Waals surface area (Å²) in [5.74, 6) is -0.881. The molecule has 1 aromatic rings. The van der Waals surface area contributed by atoms with Crippen LogP contribution in [0.15, 0.2) is 50.5 Å². The summed E-state index contributed by atoms with van der Waals surface area (Å²) in [4.78, 5) is 41.8. The highest BCUT2D eigenvalue weighted by Crippen LogP contribution is 2.66. The van der Waals surface area contributed by atoms with Crippen molar-refractivity contribution >= 4 is 64.4 Å². The van der Waals surface area contributed by atoms with Gasteiger partial charge in [0.15, 0.2) is 0 Å². The highest BCUT2D eigenvalue weighted by Gasteiger charge is 2.53. The molecule has 0 saturated heterocycles. The zero-order chi connectivity index (χ0) is 24.0. The highest BCUT2D eigenvalue weighted by atomic mass is 32.2. The molecule has 3 aliphatic rings. The first kappa shape index (κ1) is 24.0. The average Bonchev–Trinajstić information content (AvgIpc) is 3.17. The van der Waals surface area contributed by atoms with Gasteiger partial charge in [-0.15, -0.1) is 11.8 Å². The highest BCUT2D eigenvalue weighted by molar-refractivity contribution is 8.25. The van der Waals surface area contributed by atoms with Crippen molar-refractivity contribution < 1.29 is 23.9 Å². The largest absolute Gasteiger partial charge is 0.462 e. The Labute approximate surface area is 206 Å². The lowest BCUT2D eigenvalue weighted by molar-refractivity contribution is -0.138. The fourth-order valence-electron chi connectivity index (χ4n) is 4.30. The standard InChI is InChI=1S/C24H25NO5S3/c1-6-29-21(27)17-12-24(31-13-18(33-24)22(28)30-7-2)19-15-10-8-9-11-16(15)25(14(3)26)23(4,5)20(19)32-17/h8-13H,6-7H2,1-5H3/t24-/m0/s1. The lowest BCUT2D eigenvalue weighted by Crippen LogP contribution is -2.52. The molecule has 1 aromatic carbocycles. The minimum Gasteiger partial charge on any atom is -0.462 e. The van der Waals surface area contributed by atoms with E-state index >= 15 is 0 Å². The maximum Gasteiger partial charge on any atom is 0.345 e. The Hall–Kier alpha value is -2.10. The normalized spacial score (nSPS) is 22.9.